The molecule has 0 bridgehead atoms. The fourth-order valence-corrected chi connectivity index (χ4v) is 6.56. The zero-order valence-electron chi connectivity index (χ0n) is 25.8. The third-order valence-corrected chi connectivity index (χ3v) is 8.99. The summed E-state index contributed by atoms with van der Waals surface area (Å²) in [6.07, 6.45) is 0.484. The predicted molar refractivity (Wildman–Crippen MR) is 163 cm³/mol. The second-order valence-corrected chi connectivity index (χ2v) is 12.4. The van der Waals surface area contributed by atoms with Gasteiger partial charge in [-0.3, -0.25) is 0 Å². The summed E-state index contributed by atoms with van der Waals surface area (Å²) in [6.45, 7) is 2.47. The number of benzene rings is 2. The van der Waals surface area contributed by atoms with Gasteiger partial charge in [0.05, 0.1) is 0 Å². The third kappa shape index (κ3) is 11.0. The first-order valence-electron chi connectivity index (χ1n) is 15.2. The van der Waals surface area contributed by atoms with Crippen molar-refractivity contribution in [1.29, 1.82) is 0 Å². The number of halogens is 5. The van der Waals surface area contributed by atoms with Crippen molar-refractivity contribution in [2.75, 3.05) is 39.3 Å². The molecule has 0 fully saturated rings. The summed E-state index contributed by atoms with van der Waals surface area (Å²) < 4.78 is 90.4. The van der Waals surface area contributed by atoms with E-state index in [4.69, 9.17) is 23.7 Å². The van der Waals surface area contributed by atoms with E-state index in [1.807, 2.05) is 24.3 Å². The maximum atomic E-state index is 13.0. The first-order valence-corrected chi connectivity index (χ1v) is 16.4. The van der Waals surface area contributed by atoms with Crippen molar-refractivity contribution in [2.45, 2.75) is 94.7 Å². The van der Waals surface area contributed by atoms with Gasteiger partial charge < -0.3 is 23.7 Å². The Morgan fingerprint density at radius 2 is 1.34 bits per heavy atom. The molecule has 1 aliphatic rings. The Bertz CT molecular complexity index is 1100. The highest BCUT2D eigenvalue weighted by Gasteiger charge is 2.56. The Labute approximate surface area is 262 Å². The lowest BCUT2D eigenvalue weighted by molar-refractivity contribution is -0.284. The molecule has 2 aromatic rings. The smallest absolute Gasteiger partial charge is 0.453 e. The Hall–Kier alpha value is -2.24. The lowest BCUT2D eigenvalue weighted by Crippen LogP contribution is -2.36. The molecule has 0 saturated heterocycles. The standard InChI is InChI=1S/C33H45F5O5S/c1-24-31(25-12-14-26(15-13-25)41-22-39-2)29(28-17-16-27(42-23-40-3)21-30(28)43-24)11-8-6-4-5-7-9-19-44-20-10-18-32(34,35)33(36,37)38/h12-17,21,24,29,31H,4-11,18-20,22-23H2,1-3H3. The van der Waals surface area contributed by atoms with Crippen molar-refractivity contribution in [3.63, 3.8) is 0 Å². The zero-order valence-corrected chi connectivity index (χ0v) is 26.6. The molecule has 11 heteroatoms. The van der Waals surface area contributed by atoms with E-state index in [1.165, 1.54) is 22.9 Å². The quantitative estimate of drug-likeness (QED) is 0.0810. The monoisotopic (exact) mass is 648 g/mol. The SMILES string of the molecule is COCOc1ccc(C2C(C)Oc3cc(OCOC)ccc3C2CCCCCCCCSCCCC(F)(F)C(F)(F)F)cc1. The van der Waals surface area contributed by atoms with Gasteiger partial charge in [0.25, 0.3) is 0 Å². The van der Waals surface area contributed by atoms with Crippen molar-refractivity contribution in [3.8, 4) is 17.2 Å². The Kier molecular flexibility index (Phi) is 14.9. The molecule has 0 radical (unpaired) electrons. The first kappa shape index (κ1) is 36.2. The lowest BCUT2D eigenvalue weighted by Gasteiger charge is -2.39. The van der Waals surface area contributed by atoms with Gasteiger partial charge >= 0.3 is 12.1 Å². The summed E-state index contributed by atoms with van der Waals surface area (Å²) in [6, 6.07) is 14.1. The number of alkyl halides is 5. The highest BCUT2D eigenvalue weighted by atomic mass is 32.2. The third-order valence-electron chi connectivity index (χ3n) is 7.84. The van der Waals surface area contributed by atoms with Gasteiger partial charge in [-0.15, -0.1) is 0 Å². The molecule has 248 valence electrons. The Morgan fingerprint density at radius 1 is 0.750 bits per heavy atom. The average molecular weight is 649 g/mol. The second-order valence-electron chi connectivity index (χ2n) is 11.2. The average Bonchev–Trinajstić information content (AvgIpc) is 2.99. The lowest BCUT2D eigenvalue weighted by atomic mass is 9.74. The van der Waals surface area contributed by atoms with Gasteiger partial charge in [-0.2, -0.15) is 33.7 Å². The highest BCUT2D eigenvalue weighted by molar-refractivity contribution is 7.99. The normalized spacial score (nSPS) is 18.5. The summed E-state index contributed by atoms with van der Waals surface area (Å²) in [4.78, 5) is 0. The number of ether oxygens (including phenoxy) is 5. The van der Waals surface area contributed by atoms with Gasteiger partial charge in [0.15, 0.2) is 13.6 Å². The molecular weight excluding hydrogens is 603 g/mol. The van der Waals surface area contributed by atoms with Crippen LogP contribution >= 0.6 is 11.8 Å². The molecule has 44 heavy (non-hydrogen) atoms. The van der Waals surface area contributed by atoms with E-state index in [0.29, 0.717) is 11.5 Å². The van der Waals surface area contributed by atoms with Gasteiger partial charge in [0.1, 0.15) is 23.4 Å². The summed E-state index contributed by atoms with van der Waals surface area (Å²) in [7, 11) is 3.17. The Morgan fingerprint density at radius 3 is 2.00 bits per heavy atom. The van der Waals surface area contributed by atoms with Gasteiger partial charge in [-0.05, 0) is 72.9 Å². The minimum Gasteiger partial charge on any atom is -0.490 e. The van der Waals surface area contributed by atoms with E-state index in [0.717, 1.165) is 62.2 Å². The summed E-state index contributed by atoms with van der Waals surface area (Å²) in [5, 5.41) is 0. The van der Waals surface area contributed by atoms with Gasteiger partial charge in [0.2, 0.25) is 0 Å². The van der Waals surface area contributed by atoms with Crippen molar-refractivity contribution in [3.05, 3.63) is 53.6 Å². The zero-order chi connectivity index (χ0) is 32.0. The van der Waals surface area contributed by atoms with E-state index in [-0.39, 0.29) is 37.9 Å². The van der Waals surface area contributed by atoms with Crippen LogP contribution in [0.4, 0.5) is 22.0 Å². The van der Waals surface area contributed by atoms with Gasteiger partial charge in [0, 0.05) is 32.6 Å². The molecule has 0 spiro atoms. The van der Waals surface area contributed by atoms with Crippen LogP contribution in [0, 0.1) is 0 Å². The predicted octanol–water partition coefficient (Wildman–Crippen LogP) is 9.74. The Balaban J connectivity index is 1.48. The van der Waals surface area contributed by atoms with Crippen LogP contribution in [0.1, 0.15) is 87.7 Å². The second kappa shape index (κ2) is 18.0. The fourth-order valence-electron chi connectivity index (χ4n) is 5.60. The first-order chi connectivity index (χ1) is 21.1. The molecule has 0 saturated carbocycles. The minimum atomic E-state index is -5.46. The van der Waals surface area contributed by atoms with Crippen LogP contribution < -0.4 is 14.2 Å². The molecule has 5 nitrogen and oxygen atoms in total. The number of hydrogen-bond acceptors (Lipinski definition) is 6. The largest absolute Gasteiger partial charge is 0.490 e. The molecule has 3 rings (SSSR count). The molecule has 1 heterocycles. The van der Waals surface area contributed by atoms with Crippen LogP contribution in [0.3, 0.4) is 0 Å². The van der Waals surface area contributed by atoms with Gasteiger partial charge in [-0.1, -0.05) is 50.3 Å². The van der Waals surface area contributed by atoms with Crippen molar-refractivity contribution < 1.29 is 45.6 Å². The van der Waals surface area contributed by atoms with E-state index < -0.39 is 18.5 Å². The molecule has 0 N–H and O–H groups in total. The van der Waals surface area contributed by atoms with E-state index >= 15 is 0 Å². The molecule has 2 aromatic carbocycles. The van der Waals surface area contributed by atoms with Crippen LogP contribution in [-0.4, -0.2) is 57.5 Å². The summed E-state index contributed by atoms with van der Waals surface area (Å²) in [5.74, 6) is -0.779. The number of rotatable bonds is 20. The number of hydrogen-bond donors (Lipinski definition) is 0. The minimum absolute atomic E-state index is 0.0480. The van der Waals surface area contributed by atoms with Crippen molar-refractivity contribution in [1.82, 2.24) is 0 Å². The summed E-state index contributed by atoms with van der Waals surface area (Å²) in [5.41, 5.74) is 2.36. The van der Waals surface area contributed by atoms with Crippen LogP contribution in [0.25, 0.3) is 0 Å². The molecule has 3 unspecified atom stereocenters. The number of methoxy groups -OCH3 is 2. The topological polar surface area (TPSA) is 46.2 Å². The molecule has 3 atom stereocenters. The fraction of sp³-hybridized carbons (Fsp3) is 0.636. The maximum Gasteiger partial charge on any atom is 0.453 e. The molecule has 0 aromatic heterocycles. The molecule has 1 aliphatic heterocycles. The number of unbranched alkanes of at least 4 members (excludes halogenated alkanes) is 5. The van der Waals surface area contributed by atoms with E-state index in [1.54, 1.807) is 14.2 Å². The van der Waals surface area contributed by atoms with Crippen molar-refractivity contribution >= 4 is 11.8 Å². The van der Waals surface area contributed by atoms with Crippen LogP contribution in [0.2, 0.25) is 0 Å². The molecular formula is C33H45F5O5S. The van der Waals surface area contributed by atoms with Crippen LogP contribution in [0.15, 0.2) is 42.5 Å². The number of thioether (sulfide) groups is 1. The summed E-state index contributed by atoms with van der Waals surface area (Å²) >= 11 is 1.45. The van der Waals surface area contributed by atoms with Crippen LogP contribution in [0.5, 0.6) is 17.2 Å². The highest BCUT2D eigenvalue weighted by Crippen LogP contribution is 2.49. The van der Waals surface area contributed by atoms with Crippen LogP contribution in [-0.2, 0) is 9.47 Å². The van der Waals surface area contributed by atoms with E-state index in [2.05, 4.69) is 25.1 Å². The maximum absolute atomic E-state index is 13.0. The van der Waals surface area contributed by atoms with E-state index in [9.17, 15) is 22.0 Å². The molecule has 0 aliphatic carbocycles. The van der Waals surface area contributed by atoms with Crippen molar-refractivity contribution in [2.24, 2.45) is 0 Å². The number of fused-ring (bicyclic) bond motifs is 1. The molecule has 0 amide bonds. The van der Waals surface area contributed by atoms with Gasteiger partial charge in [-0.25, -0.2) is 0 Å².